The second-order valence-corrected chi connectivity index (χ2v) is 11.6. The van der Waals surface area contributed by atoms with Crippen LogP contribution < -0.4 is 0 Å². The molecule has 39 heavy (non-hydrogen) atoms. The van der Waals surface area contributed by atoms with Gasteiger partial charge < -0.3 is 9.63 Å². The third-order valence-corrected chi connectivity index (χ3v) is 7.51. The summed E-state index contributed by atoms with van der Waals surface area (Å²) in [6.45, 7) is 6.66. The van der Waals surface area contributed by atoms with E-state index >= 15 is 0 Å². The van der Waals surface area contributed by atoms with E-state index in [0.29, 0.717) is 18.7 Å². The number of hydrogen-bond acceptors (Lipinski definition) is 8. The zero-order chi connectivity index (χ0) is 27.1. The number of rotatable bonds is 8. The molecule has 0 radical (unpaired) electrons. The summed E-state index contributed by atoms with van der Waals surface area (Å²) in [6, 6.07) is 13.9. The lowest BCUT2D eigenvalue weighted by Crippen LogP contribution is -2.09. The second-order valence-electron chi connectivity index (χ2n) is 10.6. The standard InChI is InChI=1S/C29H28N6O3S/c1-29(2,3)26-14-21(33-38-26)13-22(37)12-18-4-6-19(7-5-18)24-17-35-25-9-8-23(31-27(25)39-28(35)32-24)20-15-30-34(16-20)10-11-36/h4-9,14-17,36H,10-13H2,1-3H3. The molecule has 0 aliphatic rings. The van der Waals surface area contributed by atoms with Gasteiger partial charge in [-0.05, 0) is 17.7 Å². The Bertz CT molecular complexity index is 1790. The van der Waals surface area contributed by atoms with Crippen molar-refractivity contribution in [3.8, 4) is 22.5 Å². The Hall–Kier alpha value is -4.15. The summed E-state index contributed by atoms with van der Waals surface area (Å²) in [5.74, 6) is 0.878. The smallest absolute Gasteiger partial charge is 0.196 e. The Morgan fingerprint density at radius 3 is 2.56 bits per heavy atom. The minimum atomic E-state index is -0.135. The van der Waals surface area contributed by atoms with Gasteiger partial charge in [0, 0.05) is 41.4 Å². The number of imidazole rings is 1. The van der Waals surface area contributed by atoms with Crippen LogP contribution in [0.1, 0.15) is 37.8 Å². The number of carbonyl (C=O) groups excluding carboxylic acids is 1. The molecule has 6 aromatic rings. The van der Waals surface area contributed by atoms with E-state index in [1.165, 1.54) is 11.3 Å². The molecule has 0 atom stereocenters. The van der Waals surface area contributed by atoms with Crippen molar-refractivity contribution in [3.05, 3.63) is 78.1 Å². The first-order chi connectivity index (χ1) is 18.8. The molecular weight excluding hydrogens is 512 g/mol. The highest BCUT2D eigenvalue weighted by Crippen LogP contribution is 2.30. The molecule has 0 saturated heterocycles. The molecule has 1 aromatic carbocycles. The van der Waals surface area contributed by atoms with Crippen molar-refractivity contribution < 1.29 is 14.4 Å². The van der Waals surface area contributed by atoms with Crippen molar-refractivity contribution >= 4 is 32.4 Å². The molecule has 0 spiro atoms. The Balaban J connectivity index is 1.16. The van der Waals surface area contributed by atoms with Crippen LogP contribution in [0.25, 0.3) is 37.8 Å². The number of aliphatic hydroxyl groups is 1. The van der Waals surface area contributed by atoms with E-state index in [0.717, 1.165) is 49.1 Å². The Morgan fingerprint density at radius 2 is 1.82 bits per heavy atom. The van der Waals surface area contributed by atoms with Gasteiger partial charge in [-0.2, -0.15) is 5.10 Å². The first-order valence-corrected chi connectivity index (χ1v) is 13.6. The molecule has 0 fully saturated rings. The highest BCUT2D eigenvalue weighted by molar-refractivity contribution is 7.23. The van der Waals surface area contributed by atoms with Gasteiger partial charge in [0.05, 0.1) is 48.4 Å². The number of benzene rings is 1. The van der Waals surface area contributed by atoms with Gasteiger partial charge in [0.2, 0.25) is 0 Å². The van der Waals surface area contributed by atoms with Gasteiger partial charge in [0.15, 0.2) is 4.96 Å². The molecule has 0 aliphatic carbocycles. The van der Waals surface area contributed by atoms with E-state index in [1.54, 1.807) is 10.9 Å². The van der Waals surface area contributed by atoms with Crippen LogP contribution in [-0.4, -0.2) is 46.8 Å². The lowest BCUT2D eigenvalue weighted by molar-refractivity contribution is -0.117. The molecule has 0 unspecified atom stereocenters. The number of carbonyl (C=O) groups is 1. The monoisotopic (exact) mass is 540 g/mol. The third kappa shape index (κ3) is 5.13. The molecule has 1 N–H and O–H groups in total. The van der Waals surface area contributed by atoms with Gasteiger partial charge in [-0.3, -0.25) is 13.9 Å². The average Bonchev–Trinajstić information content (AvgIpc) is 3.68. The van der Waals surface area contributed by atoms with Gasteiger partial charge in [-0.15, -0.1) is 0 Å². The Morgan fingerprint density at radius 1 is 1.00 bits per heavy atom. The summed E-state index contributed by atoms with van der Waals surface area (Å²) in [6.07, 6.45) is 6.26. The predicted molar refractivity (Wildman–Crippen MR) is 150 cm³/mol. The number of ketones is 1. The number of Topliss-reactive ketones (excluding diaryl/α,β-unsaturated/α-hetero) is 1. The molecule has 10 heteroatoms. The normalized spacial score (nSPS) is 12.1. The number of fused-ring (bicyclic) bond motifs is 3. The van der Waals surface area contributed by atoms with E-state index < -0.39 is 0 Å². The Labute approximate surface area is 228 Å². The summed E-state index contributed by atoms with van der Waals surface area (Å²) < 4.78 is 9.16. The van der Waals surface area contributed by atoms with E-state index in [4.69, 9.17) is 19.6 Å². The highest BCUT2D eigenvalue weighted by Gasteiger charge is 2.20. The fraction of sp³-hybridized carbons (Fsp3) is 0.276. The fourth-order valence-electron chi connectivity index (χ4n) is 4.44. The van der Waals surface area contributed by atoms with Crippen LogP contribution in [0.15, 0.2) is 65.6 Å². The predicted octanol–water partition coefficient (Wildman–Crippen LogP) is 5.11. The van der Waals surface area contributed by atoms with E-state index in [9.17, 15) is 4.79 Å². The maximum absolute atomic E-state index is 12.6. The zero-order valence-electron chi connectivity index (χ0n) is 22.0. The van der Waals surface area contributed by atoms with Crippen molar-refractivity contribution in [2.45, 2.75) is 45.6 Å². The highest BCUT2D eigenvalue weighted by atomic mass is 32.1. The van der Waals surface area contributed by atoms with Crippen LogP contribution in [0.5, 0.6) is 0 Å². The van der Waals surface area contributed by atoms with Crippen molar-refractivity contribution in [1.29, 1.82) is 0 Å². The number of nitrogens with zero attached hydrogens (tertiary/aromatic N) is 6. The van der Waals surface area contributed by atoms with Gasteiger partial charge in [-0.1, -0.05) is 61.5 Å². The number of aromatic nitrogens is 6. The number of pyridine rings is 1. The lowest BCUT2D eigenvalue weighted by atomic mass is 9.93. The van der Waals surface area contributed by atoms with Crippen molar-refractivity contribution in [1.82, 2.24) is 29.3 Å². The van der Waals surface area contributed by atoms with E-state index in [2.05, 4.69) is 35.4 Å². The maximum Gasteiger partial charge on any atom is 0.196 e. The molecular formula is C29H28N6O3S. The van der Waals surface area contributed by atoms with Crippen molar-refractivity contribution in [2.24, 2.45) is 0 Å². The summed E-state index contributed by atoms with van der Waals surface area (Å²) in [5, 5.41) is 17.4. The molecule has 0 saturated carbocycles. The number of thiazole rings is 1. The minimum absolute atomic E-state index is 0.0429. The lowest BCUT2D eigenvalue weighted by Gasteiger charge is -2.12. The number of hydrogen-bond donors (Lipinski definition) is 1. The number of aliphatic hydroxyl groups excluding tert-OH is 1. The van der Waals surface area contributed by atoms with Crippen LogP contribution in [0.4, 0.5) is 0 Å². The molecule has 9 nitrogen and oxygen atoms in total. The van der Waals surface area contributed by atoms with Gasteiger partial charge in [-0.25, -0.2) is 9.97 Å². The SMILES string of the molecule is CC(C)(C)c1cc(CC(=O)Cc2ccc(-c3cn4c(n3)sc3nc(-c5cnn(CCO)c5)ccc34)cc2)no1. The minimum Gasteiger partial charge on any atom is -0.394 e. The molecule has 0 bridgehead atoms. The van der Waals surface area contributed by atoms with Crippen LogP contribution in [0, 0.1) is 0 Å². The molecule has 5 heterocycles. The first-order valence-electron chi connectivity index (χ1n) is 12.8. The van der Waals surface area contributed by atoms with Gasteiger partial charge >= 0.3 is 0 Å². The summed E-state index contributed by atoms with van der Waals surface area (Å²) >= 11 is 1.53. The van der Waals surface area contributed by atoms with Gasteiger partial charge in [0.25, 0.3) is 0 Å². The topological polar surface area (TPSA) is 111 Å². The molecule has 0 amide bonds. The van der Waals surface area contributed by atoms with Crippen molar-refractivity contribution in [3.63, 3.8) is 0 Å². The largest absolute Gasteiger partial charge is 0.394 e. The fourth-order valence-corrected chi connectivity index (χ4v) is 5.42. The maximum atomic E-state index is 12.6. The van der Waals surface area contributed by atoms with Crippen LogP contribution in [-0.2, 0) is 29.6 Å². The molecule has 0 aliphatic heterocycles. The van der Waals surface area contributed by atoms with E-state index in [1.807, 2.05) is 54.9 Å². The summed E-state index contributed by atoms with van der Waals surface area (Å²) in [7, 11) is 0. The molecule has 5 aromatic heterocycles. The van der Waals surface area contributed by atoms with Crippen LogP contribution in [0.3, 0.4) is 0 Å². The van der Waals surface area contributed by atoms with Crippen LogP contribution in [0.2, 0.25) is 0 Å². The molecule has 6 rings (SSSR count). The zero-order valence-corrected chi connectivity index (χ0v) is 22.8. The van der Waals surface area contributed by atoms with Crippen molar-refractivity contribution in [2.75, 3.05) is 6.61 Å². The second kappa shape index (κ2) is 9.87. The first kappa shape index (κ1) is 25.1. The van der Waals surface area contributed by atoms with E-state index in [-0.39, 0.29) is 24.2 Å². The third-order valence-electron chi connectivity index (χ3n) is 6.55. The Kier molecular flexibility index (Phi) is 6.36. The van der Waals surface area contributed by atoms with Gasteiger partial charge in [0.1, 0.15) is 16.4 Å². The van der Waals surface area contributed by atoms with Crippen LogP contribution >= 0.6 is 11.3 Å². The molecule has 198 valence electrons. The quantitative estimate of drug-likeness (QED) is 0.286. The summed E-state index contributed by atoms with van der Waals surface area (Å²) in [4.78, 5) is 24.0. The summed E-state index contributed by atoms with van der Waals surface area (Å²) in [5.41, 5.74) is 6.08. The average molecular weight is 541 g/mol.